The molecule has 15 heavy (non-hydrogen) atoms. The van der Waals surface area contributed by atoms with E-state index in [-0.39, 0.29) is 5.91 Å². The number of amides is 1. The number of aliphatic carboxylic acids is 1. The molecular formula is C11H19NO3. The Kier molecular flexibility index (Phi) is 3.37. The van der Waals surface area contributed by atoms with E-state index in [0.717, 1.165) is 12.8 Å². The molecule has 1 unspecified atom stereocenters. The Balaban J connectivity index is 2.71. The van der Waals surface area contributed by atoms with Crippen LogP contribution in [-0.2, 0) is 9.59 Å². The van der Waals surface area contributed by atoms with Crippen molar-refractivity contribution in [3.05, 3.63) is 0 Å². The van der Waals surface area contributed by atoms with Gasteiger partial charge in [0, 0.05) is 13.1 Å². The van der Waals surface area contributed by atoms with Gasteiger partial charge in [0.2, 0.25) is 5.91 Å². The van der Waals surface area contributed by atoms with Gasteiger partial charge in [-0.15, -0.1) is 0 Å². The lowest BCUT2D eigenvalue weighted by atomic mass is 9.89. The highest BCUT2D eigenvalue weighted by atomic mass is 16.4. The van der Waals surface area contributed by atoms with E-state index in [9.17, 15) is 9.59 Å². The van der Waals surface area contributed by atoms with Crippen molar-refractivity contribution >= 4 is 11.9 Å². The molecule has 0 radical (unpaired) electrons. The SMILES string of the molecule is CC1CCCN(C(=O)C(C)(C)C(=O)O)C1. The largest absolute Gasteiger partial charge is 0.480 e. The lowest BCUT2D eigenvalue weighted by Crippen LogP contribution is -2.48. The highest BCUT2D eigenvalue weighted by Gasteiger charge is 2.40. The van der Waals surface area contributed by atoms with Gasteiger partial charge in [-0.2, -0.15) is 0 Å². The molecule has 0 spiro atoms. The third-order valence-corrected chi connectivity index (χ3v) is 3.01. The van der Waals surface area contributed by atoms with Gasteiger partial charge in [0.25, 0.3) is 0 Å². The first kappa shape index (κ1) is 12.0. The van der Waals surface area contributed by atoms with Gasteiger partial charge < -0.3 is 10.0 Å². The smallest absolute Gasteiger partial charge is 0.318 e. The molecule has 0 bridgehead atoms. The van der Waals surface area contributed by atoms with Gasteiger partial charge in [0.05, 0.1) is 0 Å². The minimum Gasteiger partial charge on any atom is -0.480 e. The maximum Gasteiger partial charge on any atom is 0.318 e. The van der Waals surface area contributed by atoms with Crippen molar-refractivity contribution in [1.82, 2.24) is 4.90 Å². The minimum absolute atomic E-state index is 0.262. The van der Waals surface area contributed by atoms with Crippen LogP contribution < -0.4 is 0 Å². The maximum absolute atomic E-state index is 12.0. The summed E-state index contributed by atoms with van der Waals surface area (Å²) in [5.74, 6) is -0.834. The van der Waals surface area contributed by atoms with Gasteiger partial charge in [-0.25, -0.2) is 0 Å². The van der Waals surface area contributed by atoms with Crippen molar-refractivity contribution in [2.45, 2.75) is 33.6 Å². The number of nitrogens with zero attached hydrogens (tertiary/aromatic N) is 1. The van der Waals surface area contributed by atoms with E-state index in [1.165, 1.54) is 13.8 Å². The number of carbonyl (C=O) groups excluding carboxylic acids is 1. The average molecular weight is 213 g/mol. The summed E-state index contributed by atoms with van der Waals surface area (Å²) in [7, 11) is 0. The fraction of sp³-hybridized carbons (Fsp3) is 0.818. The first-order valence-electron chi connectivity index (χ1n) is 5.38. The van der Waals surface area contributed by atoms with Crippen molar-refractivity contribution in [1.29, 1.82) is 0 Å². The molecule has 0 aromatic carbocycles. The summed E-state index contributed by atoms with van der Waals surface area (Å²) in [5.41, 5.74) is -1.29. The Morgan fingerprint density at radius 1 is 1.40 bits per heavy atom. The molecule has 1 fully saturated rings. The molecule has 1 rings (SSSR count). The van der Waals surface area contributed by atoms with Crippen LogP contribution in [-0.4, -0.2) is 35.0 Å². The quantitative estimate of drug-likeness (QED) is 0.704. The number of carboxylic acid groups (broad SMARTS) is 1. The normalized spacial score (nSPS) is 22.6. The molecule has 1 aliphatic heterocycles. The first-order chi connectivity index (χ1) is 6.85. The molecule has 1 amide bonds. The second-order valence-corrected chi connectivity index (χ2v) is 4.93. The molecule has 86 valence electrons. The topological polar surface area (TPSA) is 57.6 Å². The number of hydrogen-bond acceptors (Lipinski definition) is 2. The van der Waals surface area contributed by atoms with Crippen molar-refractivity contribution in [2.75, 3.05) is 13.1 Å². The van der Waals surface area contributed by atoms with Crippen molar-refractivity contribution in [2.24, 2.45) is 11.3 Å². The van der Waals surface area contributed by atoms with Crippen LogP contribution in [0, 0.1) is 11.3 Å². The number of carboxylic acids is 1. The summed E-state index contributed by atoms with van der Waals surface area (Å²) in [6.45, 7) is 6.41. The Morgan fingerprint density at radius 2 is 2.00 bits per heavy atom. The predicted molar refractivity (Wildman–Crippen MR) is 56.4 cm³/mol. The summed E-state index contributed by atoms with van der Waals surface area (Å²) in [5, 5.41) is 8.96. The molecule has 4 heteroatoms. The Labute approximate surface area is 90.3 Å². The van der Waals surface area contributed by atoms with Crippen LogP contribution in [0.15, 0.2) is 0 Å². The van der Waals surface area contributed by atoms with E-state index in [1.807, 2.05) is 0 Å². The monoisotopic (exact) mass is 213 g/mol. The van der Waals surface area contributed by atoms with Crippen LogP contribution in [0.4, 0.5) is 0 Å². The molecule has 0 aromatic heterocycles. The molecule has 0 saturated carbocycles. The zero-order chi connectivity index (χ0) is 11.6. The van der Waals surface area contributed by atoms with Gasteiger partial charge in [-0.05, 0) is 32.6 Å². The van der Waals surface area contributed by atoms with E-state index >= 15 is 0 Å². The average Bonchev–Trinajstić information content (AvgIpc) is 2.16. The zero-order valence-corrected chi connectivity index (χ0v) is 9.62. The highest BCUT2D eigenvalue weighted by molar-refractivity contribution is 6.01. The number of piperidine rings is 1. The third kappa shape index (κ3) is 2.49. The van der Waals surface area contributed by atoms with Gasteiger partial charge in [0.15, 0.2) is 0 Å². The fourth-order valence-corrected chi connectivity index (χ4v) is 1.86. The van der Waals surface area contributed by atoms with Gasteiger partial charge in [-0.3, -0.25) is 9.59 Å². The van der Waals surface area contributed by atoms with Gasteiger partial charge in [-0.1, -0.05) is 6.92 Å². The number of carbonyl (C=O) groups is 2. The Hall–Kier alpha value is -1.06. The third-order valence-electron chi connectivity index (χ3n) is 3.01. The number of rotatable bonds is 2. The van der Waals surface area contributed by atoms with Crippen molar-refractivity contribution in [3.63, 3.8) is 0 Å². The van der Waals surface area contributed by atoms with Crippen LogP contribution in [0.1, 0.15) is 33.6 Å². The maximum atomic E-state index is 12.0. The van der Waals surface area contributed by atoms with Crippen molar-refractivity contribution < 1.29 is 14.7 Å². The number of hydrogen-bond donors (Lipinski definition) is 1. The molecule has 1 heterocycles. The molecule has 1 aliphatic rings. The Morgan fingerprint density at radius 3 is 2.47 bits per heavy atom. The lowest BCUT2D eigenvalue weighted by molar-refractivity contribution is -0.159. The van der Waals surface area contributed by atoms with E-state index in [0.29, 0.717) is 19.0 Å². The van der Waals surface area contributed by atoms with Gasteiger partial charge in [0.1, 0.15) is 5.41 Å². The number of likely N-dealkylation sites (tertiary alicyclic amines) is 1. The van der Waals surface area contributed by atoms with Crippen LogP contribution in [0.25, 0.3) is 0 Å². The summed E-state index contributed by atoms with van der Waals surface area (Å²) in [4.78, 5) is 24.6. The Bertz CT molecular complexity index is 273. The molecular weight excluding hydrogens is 194 g/mol. The van der Waals surface area contributed by atoms with E-state index < -0.39 is 11.4 Å². The standard InChI is InChI=1S/C11H19NO3/c1-8-5-4-6-12(7-8)9(13)11(2,3)10(14)15/h8H,4-7H2,1-3H3,(H,14,15). The first-order valence-corrected chi connectivity index (χ1v) is 5.38. The second kappa shape index (κ2) is 4.21. The van der Waals surface area contributed by atoms with E-state index in [4.69, 9.17) is 5.11 Å². The van der Waals surface area contributed by atoms with Crippen molar-refractivity contribution in [3.8, 4) is 0 Å². The summed E-state index contributed by atoms with van der Waals surface area (Å²) < 4.78 is 0. The molecule has 1 N–H and O–H groups in total. The summed E-state index contributed by atoms with van der Waals surface area (Å²) in [6.07, 6.45) is 2.10. The highest BCUT2D eigenvalue weighted by Crippen LogP contribution is 2.23. The molecule has 0 aliphatic carbocycles. The zero-order valence-electron chi connectivity index (χ0n) is 9.62. The van der Waals surface area contributed by atoms with Crippen LogP contribution >= 0.6 is 0 Å². The lowest BCUT2D eigenvalue weighted by Gasteiger charge is -2.34. The molecule has 0 aromatic rings. The van der Waals surface area contributed by atoms with E-state index in [2.05, 4.69) is 6.92 Å². The summed E-state index contributed by atoms with van der Waals surface area (Å²) in [6, 6.07) is 0. The molecule has 1 atom stereocenters. The molecule has 1 saturated heterocycles. The van der Waals surface area contributed by atoms with E-state index in [1.54, 1.807) is 4.90 Å². The van der Waals surface area contributed by atoms with Crippen LogP contribution in [0.2, 0.25) is 0 Å². The van der Waals surface area contributed by atoms with Crippen LogP contribution in [0.3, 0.4) is 0 Å². The molecule has 4 nitrogen and oxygen atoms in total. The predicted octanol–water partition coefficient (Wildman–Crippen LogP) is 1.36. The minimum atomic E-state index is -1.29. The van der Waals surface area contributed by atoms with Crippen LogP contribution in [0.5, 0.6) is 0 Å². The second-order valence-electron chi connectivity index (χ2n) is 4.93. The summed E-state index contributed by atoms with van der Waals surface area (Å²) >= 11 is 0. The fourth-order valence-electron chi connectivity index (χ4n) is 1.86. The van der Waals surface area contributed by atoms with Gasteiger partial charge >= 0.3 is 5.97 Å².